The molecule has 0 spiro atoms. The van der Waals surface area contributed by atoms with Gasteiger partial charge in [0, 0.05) is 12.5 Å². The fourth-order valence-corrected chi connectivity index (χ4v) is 2.54. The average Bonchev–Trinajstić information content (AvgIpc) is 2.51. The first-order valence-electron chi connectivity index (χ1n) is 6.64. The minimum atomic E-state index is -1.15. The highest BCUT2D eigenvalue weighted by Crippen LogP contribution is 2.33. The number of rotatable bonds is 5. The molecule has 0 fully saturated rings. The lowest BCUT2D eigenvalue weighted by Crippen LogP contribution is -2.29. The molecule has 0 heterocycles. The summed E-state index contributed by atoms with van der Waals surface area (Å²) in [6.07, 6.45) is -2.02. The van der Waals surface area contributed by atoms with E-state index in [0.717, 1.165) is 0 Å². The van der Waals surface area contributed by atoms with Gasteiger partial charge < -0.3 is 15.5 Å². The largest absolute Gasteiger partial charge is 0.465 e. The van der Waals surface area contributed by atoms with Crippen molar-refractivity contribution in [1.82, 2.24) is 5.32 Å². The van der Waals surface area contributed by atoms with Gasteiger partial charge in [-0.1, -0.05) is 59.6 Å². The monoisotopic (exact) mass is 339 g/mol. The molecule has 1 amide bonds. The molecule has 2 aromatic carbocycles. The molecule has 0 unspecified atom stereocenters. The highest BCUT2D eigenvalue weighted by molar-refractivity contribution is 6.42. The van der Waals surface area contributed by atoms with Crippen LogP contribution in [0.4, 0.5) is 4.79 Å². The molecule has 0 aliphatic carbocycles. The van der Waals surface area contributed by atoms with Crippen molar-refractivity contribution in [3.63, 3.8) is 0 Å². The Morgan fingerprint density at radius 1 is 1.05 bits per heavy atom. The van der Waals surface area contributed by atoms with Gasteiger partial charge in [-0.3, -0.25) is 0 Å². The molecule has 2 rings (SSSR count). The van der Waals surface area contributed by atoms with E-state index in [2.05, 4.69) is 5.32 Å². The van der Waals surface area contributed by atoms with Crippen LogP contribution in [0.5, 0.6) is 0 Å². The number of carboxylic acid groups (broad SMARTS) is 1. The number of benzene rings is 2. The second-order valence-corrected chi connectivity index (χ2v) is 5.64. The average molecular weight is 340 g/mol. The summed E-state index contributed by atoms with van der Waals surface area (Å²) in [5, 5.41) is 22.5. The first-order chi connectivity index (χ1) is 10.5. The molecule has 4 nitrogen and oxygen atoms in total. The summed E-state index contributed by atoms with van der Waals surface area (Å²) >= 11 is 11.9. The number of amides is 1. The molecule has 0 bridgehead atoms. The molecule has 0 saturated carbocycles. The van der Waals surface area contributed by atoms with E-state index in [-0.39, 0.29) is 6.54 Å². The normalized spacial score (nSPS) is 13.4. The Labute approximate surface area is 138 Å². The second-order valence-electron chi connectivity index (χ2n) is 4.82. The number of nitrogens with one attached hydrogen (secondary N) is 1. The highest BCUT2D eigenvalue weighted by atomic mass is 35.5. The predicted octanol–water partition coefficient (Wildman–Crippen LogP) is 4.08. The molecule has 22 heavy (non-hydrogen) atoms. The minimum absolute atomic E-state index is 0.0589. The zero-order valence-corrected chi connectivity index (χ0v) is 13.1. The van der Waals surface area contributed by atoms with Gasteiger partial charge in [0.25, 0.3) is 0 Å². The number of halogens is 2. The summed E-state index contributed by atoms with van der Waals surface area (Å²) in [7, 11) is 0. The molecular weight excluding hydrogens is 325 g/mol. The van der Waals surface area contributed by atoms with Crippen LogP contribution in [0.2, 0.25) is 10.0 Å². The number of hydrogen-bond acceptors (Lipinski definition) is 2. The second kappa shape index (κ2) is 7.49. The summed E-state index contributed by atoms with van der Waals surface area (Å²) in [5.41, 5.74) is 1.41. The van der Waals surface area contributed by atoms with Crippen LogP contribution in [0.15, 0.2) is 48.5 Å². The van der Waals surface area contributed by atoms with E-state index in [1.807, 2.05) is 18.2 Å². The highest BCUT2D eigenvalue weighted by Gasteiger charge is 2.24. The molecule has 0 aliphatic heterocycles. The van der Waals surface area contributed by atoms with Gasteiger partial charge in [-0.15, -0.1) is 0 Å². The fourth-order valence-electron chi connectivity index (χ4n) is 2.23. The first kappa shape index (κ1) is 16.6. The number of aliphatic hydroxyl groups excluding tert-OH is 1. The maximum absolute atomic E-state index is 10.8. The van der Waals surface area contributed by atoms with Gasteiger partial charge in [0.1, 0.15) is 0 Å². The van der Waals surface area contributed by atoms with E-state index in [1.165, 1.54) is 0 Å². The van der Waals surface area contributed by atoms with Crippen molar-refractivity contribution in [2.75, 3.05) is 6.54 Å². The Kier molecular flexibility index (Phi) is 5.66. The molecule has 0 aliphatic rings. The van der Waals surface area contributed by atoms with Gasteiger partial charge in [0.15, 0.2) is 0 Å². The van der Waals surface area contributed by atoms with Gasteiger partial charge in [0.2, 0.25) is 0 Å². The van der Waals surface area contributed by atoms with Crippen LogP contribution in [0, 0.1) is 0 Å². The molecule has 0 saturated heterocycles. The molecular formula is C16H15Cl2NO3. The lowest BCUT2D eigenvalue weighted by atomic mass is 9.89. The van der Waals surface area contributed by atoms with Crippen molar-refractivity contribution in [3.05, 3.63) is 69.7 Å². The Balaban J connectivity index is 2.33. The number of aliphatic hydroxyl groups is 1. The molecule has 2 atom stereocenters. The Morgan fingerprint density at radius 2 is 1.73 bits per heavy atom. The third kappa shape index (κ3) is 4.13. The lowest BCUT2D eigenvalue weighted by Gasteiger charge is -2.24. The molecule has 3 N–H and O–H groups in total. The van der Waals surface area contributed by atoms with Gasteiger partial charge in [0.05, 0.1) is 16.1 Å². The third-order valence-corrected chi connectivity index (χ3v) is 4.11. The van der Waals surface area contributed by atoms with E-state index in [9.17, 15) is 9.90 Å². The maximum atomic E-state index is 10.8. The van der Waals surface area contributed by atoms with Crippen LogP contribution < -0.4 is 5.32 Å². The van der Waals surface area contributed by atoms with Crippen LogP contribution in [0.25, 0.3) is 0 Å². The van der Waals surface area contributed by atoms with Crippen molar-refractivity contribution in [2.24, 2.45) is 0 Å². The minimum Gasteiger partial charge on any atom is -0.465 e. The van der Waals surface area contributed by atoms with Crippen molar-refractivity contribution in [1.29, 1.82) is 0 Å². The van der Waals surface area contributed by atoms with Gasteiger partial charge in [-0.2, -0.15) is 0 Å². The van der Waals surface area contributed by atoms with Crippen LogP contribution >= 0.6 is 23.2 Å². The summed E-state index contributed by atoms with van der Waals surface area (Å²) < 4.78 is 0. The molecule has 0 radical (unpaired) electrons. The van der Waals surface area contributed by atoms with E-state index in [4.69, 9.17) is 28.3 Å². The molecule has 116 valence electrons. The maximum Gasteiger partial charge on any atom is 0.404 e. The lowest BCUT2D eigenvalue weighted by molar-refractivity contribution is 0.140. The zero-order valence-electron chi connectivity index (χ0n) is 11.5. The van der Waals surface area contributed by atoms with Crippen LogP contribution in [0.3, 0.4) is 0 Å². The van der Waals surface area contributed by atoms with Crippen LogP contribution in [-0.4, -0.2) is 22.9 Å². The Hall–Kier alpha value is -1.75. The Bertz CT molecular complexity index is 649. The first-order valence-corrected chi connectivity index (χ1v) is 7.39. The number of hydrogen-bond donors (Lipinski definition) is 3. The van der Waals surface area contributed by atoms with E-state index in [0.29, 0.717) is 21.2 Å². The van der Waals surface area contributed by atoms with E-state index in [1.54, 1.807) is 30.3 Å². The van der Waals surface area contributed by atoms with Gasteiger partial charge in [-0.05, 0) is 23.3 Å². The zero-order chi connectivity index (χ0) is 16.1. The number of carbonyl (C=O) groups is 1. The third-order valence-electron chi connectivity index (χ3n) is 3.37. The summed E-state index contributed by atoms with van der Waals surface area (Å²) in [6.45, 7) is 0.0589. The molecule has 2 aromatic rings. The van der Waals surface area contributed by atoms with Gasteiger partial charge >= 0.3 is 6.09 Å². The quantitative estimate of drug-likeness (QED) is 0.768. The fraction of sp³-hybridized carbons (Fsp3) is 0.188. The van der Waals surface area contributed by atoms with Crippen LogP contribution in [0.1, 0.15) is 23.1 Å². The van der Waals surface area contributed by atoms with Crippen molar-refractivity contribution < 1.29 is 15.0 Å². The standard InChI is InChI=1S/C16H15Cl2NO3/c17-13-7-6-11(8-14(13)18)12(9-19-16(21)22)15(20)10-4-2-1-3-5-10/h1-8,12,15,19-20H,9H2,(H,21,22)/t12-,15-/m1/s1. The summed E-state index contributed by atoms with van der Waals surface area (Å²) in [4.78, 5) is 10.8. The topological polar surface area (TPSA) is 69.6 Å². The molecule has 6 heteroatoms. The summed E-state index contributed by atoms with van der Waals surface area (Å²) in [5.74, 6) is -0.478. The van der Waals surface area contributed by atoms with Crippen LogP contribution in [-0.2, 0) is 0 Å². The van der Waals surface area contributed by atoms with Crippen molar-refractivity contribution in [3.8, 4) is 0 Å². The van der Waals surface area contributed by atoms with Crippen molar-refractivity contribution in [2.45, 2.75) is 12.0 Å². The van der Waals surface area contributed by atoms with Gasteiger partial charge in [-0.25, -0.2) is 4.79 Å². The smallest absolute Gasteiger partial charge is 0.404 e. The van der Waals surface area contributed by atoms with E-state index < -0.39 is 18.1 Å². The van der Waals surface area contributed by atoms with Crippen molar-refractivity contribution >= 4 is 29.3 Å². The van der Waals surface area contributed by atoms with E-state index >= 15 is 0 Å². The summed E-state index contributed by atoms with van der Waals surface area (Å²) in [6, 6.07) is 14.1. The SMILES string of the molecule is O=C(O)NC[C@H](c1ccc(Cl)c(Cl)c1)[C@H](O)c1ccccc1. The predicted molar refractivity (Wildman–Crippen MR) is 86.6 cm³/mol. The molecule has 0 aromatic heterocycles. The Morgan fingerprint density at radius 3 is 2.32 bits per heavy atom.